The molecule has 0 atom stereocenters. The van der Waals surface area contributed by atoms with E-state index in [1.54, 1.807) is 14.0 Å². The fourth-order valence-corrected chi connectivity index (χ4v) is 2.41. The quantitative estimate of drug-likeness (QED) is 0.734. The predicted molar refractivity (Wildman–Crippen MR) is 88.9 cm³/mol. The molecule has 0 saturated carbocycles. The van der Waals surface area contributed by atoms with E-state index >= 15 is 0 Å². The van der Waals surface area contributed by atoms with Crippen LogP contribution in [-0.4, -0.2) is 50.0 Å². The van der Waals surface area contributed by atoms with Crippen molar-refractivity contribution in [3.63, 3.8) is 0 Å². The molecule has 0 fully saturated rings. The van der Waals surface area contributed by atoms with Crippen LogP contribution in [0, 0.1) is 0 Å². The van der Waals surface area contributed by atoms with Crippen LogP contribution < -0.4 is 4.74 Å². The van der Waals surface area contributed by atoms with Crippen molar-refractivity contribution in [2.24, 2.45) is 0 Å². The van der Waals surface area contributed by atoms with Crippen molar-refractivity contribution in [1.82, 2.24) is 9.47 Å². The predicted octanol–water partition coefficient (Wildman–Crippen LogP) is 2.88. The van der Waals surface area contributed by atoms with Gasteiger partial charge in [-0.2, -0.15) is 0 Å². The Labute approximate surface area is 136 Å². The van der Waals surface area contributed by atoms with E-state index in [2.05, 4.69) is 4.90 Å². The minimum atomic E-state index is -0.655. The molecule has 6 heteroatoms. The molecule has 0 aliphatic rings. The van der Waals surface area contributed by atoms with Gasteiger partial charge in [0.2, 0.25) is 0 Å². The Balaban J connectivity index is 2.27. The first-order valence-electron chi connectivity index (χ1n) is 7.65. The number of aromatic nitrogens is 1. The van der Waals surface area contributed by atoms with Crippen LogP contribution in [0.25, 0.3) is 10.9 Å². The topological polar surface area (TPSA) is 52.9 Å². The molecule has 1 aromatic heterocycles. The van der Waals surface area contributed by atoms with Gasteiger partial charge in [-0.25, -0.2) is 4.79 Å². The lowest BCUT2D eigenvalue weighted by Crippen LogP contribution is -2.15. The van der Waals surface area contributed by atoms with Gasteiger partial charge < -0.3 is 23.7 Å². The molecule has 1 aromatic carbocycles. The Morgan fingerprint density at radius 2 is 2.04 bits per heavy atom. The Kier molecular flexibility index (Phi) is 5.87. The number of fused-ring (bicyclic) bond motifs is 1. The van der Waals surface area contributed by atoms with E-state index in [0.717, 1.165) is 29.6 Å². The zero-order valence-electron chi connectivity index (χ0n) is 14.2. The molecule has 0 bridgehead atoms. The molecule has 0 saturated heterocycles. The number of methoxy groups -OCH3 is 1. The third-order valence-corrected chi connectivity index (χ3v) is 3.58. The zero-order chi connectivity index (χ0) is 16.8. The standard InChI is InChI=1S/C17H24N2O4/c1-5-22-17(20)23-12-19-11-13(8-9-18(2)3)15-10-14(21-4)6-7-16(15)19/h6-7,10-11H,5,8-9,12H2,1-4H3. The van der Waals surface area contributed by atoms with Gasteiger partial charge in [-0.15, -0.1) is 0 Å². The Hall–Kier alpha value is -2.21. The van der Waals surface area contributed by atoms with Crippen LogP contribution in [0.4, 0.5) is 4.79 Å². The monoisotopic (exact) mass is 320 g/mol. The molecule has 0 spiro atoms. The van der Waals surface area contributed by atoms with Gasteiger partial charge in [0.1, 0.15) is 5.75 Å². The van der Waals surface area contributed by atoms with E-state index in [-0.39, 0.29) is 6.73 Å². The zero-order valence-corrected chi connectivity index (χ0v) is 14.2. The molecule has 0 aliphatic heterocycles. The molecule has 23 heavy (non-hydrogen) atoms. The molecular formula is C17H24N2O4. The third-order valence-electron chi connectivity index (χ3n) is 3.58. The minimum absolute atomic E-state index is 0.129. The van der Waals surface area contributed by atoms with Gasteiger partial charge in [-0.05, 0) is 51.2 Å². The van der Waals surface area contributed by atoms with E-state index in [0.29, 0.717) is 6.61 Å². The number of rotatable bonds is 7. The van der Waals surface area contributed by atoms with E-state index in [9.17, 15) is 4.79 Å². The molecule has 0 N–H and O–H groups in total. The highest BCUT2D eigenvalue weighted by molar-refractivity contribution is 5.85. The van der Waals surface area contributed by atoms with Gasteiger partial charge in [-0.1, -0.05) is 0 Å². The number of ether oxygens (including phenoxy) is 3. The van der Waals surface area contributed by atoms with Crippen LogP contribution in [-0.2, 0) is 22.6 Å². The summed E-state index contributed by atoms with van der Waals surface area (Å²) < 4.78 is 17.2. The van der Waals surface area contributed by atoms with Gasteiger partial charge in [0.05, 0.1) is 19.2 Å². The first-order valence-corrected chi connectivity index (χ1v) is 7.65. The molecule has 0 aliphatic carbocycles. The molecule has 0 amide bonds. The van der Waals surface area contributed by atoms with E-state index in [1.807, 2.05) is 43.1 Å². The number of benzene rings is 1. The van der Waals surface area contributed by atoms with Gasteiger partial charge in [-0.3, -0.25) is 0 Å². The largest absolute Gasteiger partial charge is 0.510 e. The Morgan fingerprint density at radius 3 is 2.70 bits per heavy atom. The summed E-state index contributed by atoms with van der Waals surface area (Å²) in [6.07, 6.45) is 2.27. The summed E-state index contributed by atoms with van der Waals surface area (Å²) in [6, 6.07) is 5.89. The number of carbonyl (C=O) groups excluding carboxylic acids is 1. The molecule has 126 valence electrons. The number of hydrogen-bond donors (Lipinski definition) is 0. The third kappa shape index (κ3) is 4.39. The Morgan fingerprint density at radius 1 is 1.26 bits per heavy atom. The normalized spacial score (nSPS) is 11.0. The lowest BCUT2D eigenvalue weighted by Gasteiger charge is -2.08. The lowest BCUT2D eigenvalue weighted by atomic mass is 10.1. The second kappa shape index (κ2) is 7.87. The maximum absolute atomic E-state index is 11.4. The van der Waals surface area contributed by atoms with Crippen LogP contribution in [0.15, 0.2) is 24.4 Å². The van der Waals surface area contributed by atoms with Gasteiger partial charge in [0.15, 0.2) is 6.73 Å². The second-order valence-electron chi connectivity index (χ2n) is 5.52. The van der Waals surface area contributed by atoms with E-state index < -0.39 is 6.16 Å². The summed E-state index contributed by atoms with van der Waals surface area (Å²) in [5.41, 5.74) is 2.20. The summed E-state index contributed by atoms with van der Waals surface area (Å²) in [5, 5.41) is 1.11. The first-order chi connectivity index (χ1) is 11.0. The van der Waals surface area contributed by atoms with Crippen molar-refractivity contribution < 1.29 is 19.0 Å². The number of carbonyl (C=O) groups is 1. The van der Waals surface area contributed by atoms with Crippen molar-refractivity contribution >= 4 is 17.1 Å². The molecule has 2 aromatic rings. The van der Waals surface area contributed by atoms with Gasteiger partial charge in [0, 0.05) is 18.1 Å². The van der Waals surface area contributed by atoms with Crippen molar-refractivity contribution in [2.75, 3.05) is 34.4 Å². The maximum atomic E-state index is 11.4. The highest BCUT2D eigenvalue weighted by atomic mass is 16.7. The fourth-order valence-electron chi connectivity index (χ4n) is 2.41. The van der Waals surface area contributed by atoms with Crippen LogP contribution in [0.2, 0.25) is 0 Å². The fraction of sp³-hybridized carbons (Fsp3) is 0.471. The molecule has 1 heterocycles. The average Bonchev–Trinajstić information content (AvgIpc) is 2.88. The molecule has 2 rings (SSSR count). The molecule has 0 radical (unpaired) electrons. The van der Waals surface area contributed by atoms with Crippen LogP contribution in [0.3, 0.4) is 0 Å². The summed E-state index contributed by atoms with van der Waals surface area (Å²) in [6.45, 7) is 3.12. The molecule has 0 unspecified atom stereocenters. The van der Waals surface area contributed by atoms with Crippen molar-refractivity contribution in [3.05, 3.63) is 30.0 Å². The number of likely N-dealkylation sites (N-methyl/N-ethyl adjacent to an activating group) is 1. The summed E-state index contributed by atoms with van der Waals surface area (Å²) in [7, 11) is 5.74. The van der Waals surface area contributed by atoms with E-state index in [4.69, 9.17) is 14.2 Å². The SMILES string of the molecule is CCOC(=O)OCn1cc(CCN(C)C)c2cc(OC)ccc21. The van der Waals surface area contributed by atoms with Crippen molar-refractivity contribution in [1.29, 1.82) is 0 Å². The van der Waals surface area contributed by atoms with Gasteiger partial charge >= 0.3 is 6.16 Å². The highest BCUT2D eigenvalue weighted by Gasteiger charge is 2.12. The van der Waals surface area contributed by atoms with Crippen LogP contribution >= 0.6 is 0 Å². The first kappa shape index (κ1) is 17.1. The average molecular weight is 320 g/mol. The molecule has 6 nitrogen and oxygen atoms in total. The van der Waals surface area contributed by atoms with Crippen molar-refractivity contribution in [2.45, 2.75) is 20.1 Å². The maximum Gasteiger partial charge on any atom is 0.510 e. The Bertz CT molecular complexity index is 664. The highest BCUT2D eigenvalue weighted by Crippen LogP contribution is 2.26. The van der Waals surface area contributed by atoms with Gasteiger partial charge in [0.25, 0.3) is 0 Å². The van der Waals surface area contributed by atoms with Crippen molar-refractivity contribution in [3.8, 4) is 5.75 Å². The van der Waals surface area contributed by atoms with Crippen LogP contribution in [0.1, 0.15) is 12.5 Å². The number of hydrogen-bond acceptors (Lipinski definition) is 5. The lowest BCUT2D eigenvalue weighted by molar-refractivity contribution is 0.0381. The summed E-state index contributed by atoms with van der Waals surface area (Å²) in [5.74, 6) is 0.813. The molecular weight excluding hydrogens is 296 g/mol. The van der Waals surface area contributed by atoms with E-state index in [1.165, 1.54) is 5.56 Å². The second-order valence-corrected chi connectivity index (χ2v) is 5.52. The minimum Gasteiger partial charge on any atom is -0.497 e. The number of nitrogens with zero attached hydrogens (tertiary/aromatic N) is 2. The summed E-state index contributed by atoms with van der Waals surface area (Å²) >= 11 is 0. The smallest absolute Gasteiger partial charge is 0.497 e. The summed E-state index contributed by atoms with van der Waals surface area (Å²) in [4.78, 5) is 13.5. The van der Waals surface area contributed by atoms with Crippen LogP contribution in [0.5, 0.6) is 5.75 Å².